The summed E-state index contributed by atoms with van der Waals surface area (Å²) in [7, 11) is 1.56. The third-order valence-electron chi connectivity index (χ3n) is 3.68. The van der Waals surface area contributed by atoms with Gasteiger partial charge in [0, 0.05) is 25.8 Å². The molecule has 0 bridgehead atoms. The van der Waals surface area contributed by atoms with Crippen LogP contribution in [0.1, 0.15) is 17.5 Å². The molecule has 2 amide bonds. The molecule has 0 spiro atoms. The van der Waals surface area contributed by atoms with Crippen LogP contribution in [0.4, 0.5) is 0 Å². The van der Waals surface area contributed by atoms with Gasteiger partial charge in [0.2, 0.25) is 0 Å². The molecule has 2 aromatic rings. The van der Waals surface area contributed by atoms with Crippen LogP contribution in [0.3, 0.4) is 0 Å². The number of halogens is 2. The molecule has 2 N–H and O–H groups in total. The van der Waals surface area contributed by atoms with Crippen molar-refractivity contribution in [2.75, 3.05) is 20.3 Å². The summed E-state index contributed by atoms with van der Waals surface area (Å²) in [6.07, 6.45) is 2.02. The monoisotopic (exact) mass is 437 g/mol. The van der Waals surface area contributed by atoms with Gasteiger partial charge in [-0.05, 0) is 36.2 Å². The number of hydrogen-bond donors (Lipinski definition) is 2. The number of nitrogens with one attached hydrogen (secondary N) is 2. The molecule has 0 aliphatic carbocycles. The number of hydrazone groups is 1. The molecule has 29 heavy (non-hydrogen) atoms. The highest BCUT2D eigenvalue weighted by Gasteiger charge is 2.11. The molecular weight excluding hydrogens is 417 g/mol. The van der Waals surface area contributed by atoms with Crippen molar-refractivity contribution in [3.63, 3.8) is 0 Å². The van der Waals surface area contributed by atoms with E-state index < -0.39 is 11.8 Å². The lowest BCUT2D eigenvalue weighted by Gasteiger charge is -2.09. The van der Waals surface area contributed by atoms with Gasteiger partial charge < -0.3 is 14.8 Å². The van der Waals surface area contributed by atoms with Crippen molar-refractivity contribution >= 4 is 41.2 Å². The van der Waals surface area contributed by atoms with Gasteiger partial charge in [0.15, 0.2) is 0 Å². The molecule has 2 aromatic carbocycles. The van der Waals surface area contributed by atoms with Gasteiger partial charge in [-0.1, -0.05) is 41.4 Å². The molecule has 0 atom stereocenters. The SMILES string of the molecule is COCCCNC(=O)C(=O)N/N=C\c1ccccc1OCc1ccc(Cl)c(Cl)c1. The van der Waals surface area contributed by atoms with Crippen LogP contribution < -0.4 is 15.5 Å². The molecule has 9 heteroatoms. The number of methoxy groups -OCH3 is 1. The number of amides is 2. The molecule has 0 radical (unpaired) electrons. The summed E-state index contributed by atoms with van der Waals surface area (Å²) < 4.78 is 10.7. The van der Waals surface area contributed by atoms with Crippen LogP contribution in [0, 0.1) is 0 Å². The zero-order valence-corrected chi connectivity index (χ0v) is 17.3. The highest BCUT2D eigenvalue weighted by Crippen LogP contribution is 2.24. The molecule has 0 aliphatic heterocycles. The van der Waals surface area contributed by atoms with Crippen molar-refractivity contribution in [1.29, 1.82) is 0 Å². The van der Waals surface area contributed by atoms with E-state index in [1.807, 2.05) is 12.1 Å². The lowest BCUT2D eigenvalue weighted by atomic mass is 10.2. The van der Waals surface area contributed by atoms with E-state index >= 15 is 0 Å². The molecule has 0 fully saturated rings. The quantitative estimate of drug-likeness (QED) is 0.273. The topological polar surface area (TPSA) is 89.0 Å². The largest absolute Gasteiger partial charge is 0.488 e. The number of benzene rings is 2. The normalized spacial score (nSPS) is 10.7. The van der Waals surface area contributed by atoms with Gasteiger partial charge in [0.1, 0.15) is 12.4 Å². The summed E-state index contributed by atoms with van der Waals surface area (Å²) in [5.41, 5.74) is 3.67. The van der Waals surface area contributed by atoms with E-state index in [1.54, 1.807) is 37.4 Å². The number of para-hydroxylation sites is 1. The van der Waals surface area contributed by atoms with Crippen molar-refractivity contribution in [1.82, 2.24) is 10.7 Å². The third kappa shape index (κ3) is 7.73. The zero-order chi connectivity index (χ0) is 21.1. The van der Waals surface area contributed by atoms with Gasteiger partial charge in [0.05, 0.1) is 16.3 Å². The summed E-state index contributed by atoms with van der Waals surface area (Å²) in [6, 6.07) is 12.4. The number of nitrogens with zero attached hydrogens (tertiary/aromatic N) is 1. The first-order valence-electron chi connectivity index (χ1n) is 8.77. The molecule has 154 valence electrons. The summed E-state index contributed by atoms with van der Waals surface area (Å²) in [5, 5.41) is 7.22. The Morgan fingerprint density at radius 2 is 1.90 bits per heavy atom. The van der Waals surface area contributed by atoms with Crippen LogP contribution in [0.25, 0.3) is 0 Å². The first-order valence-corrected chi connectivity index (χ1v) is 9.52. The maximum Gasteiger partial charge on any atom is 0.329 e. The minimum absolute atomic E-state index is 0.276. The van der Waals surface area contributed by atoms with E-state index in [9.17, 15) is 9.59 Å². The Morgan fingerprint density at radius 1 is 1.10 bits per heavy atom. The molecule has 0 saturated carbocycles. The van der Waals surface area contributed by atoms with E-state index in [2.05, 4.69) is 15.8 Å². The first kappa shape index (κ1) is 22.7. The van der Waals surface area contributed by atoms with Crippen molar-refractivity contribution in [3.8, 4) is 5.75 Å². The Hall–Kier alpha value is -2.61. The molecule has 7 nitrogen and oxygen atoms in total. The van der Waals surface area contributed by atoms with Crippen LogP contribution in [0.15, 0.2) is 47.6 Å². The Bertz CT molecular complexity index is 875. The van der Waals surface area contributed by atoms with E-state index in [0.717, 1.165) is 5.56 Å². The Morgan fingerprint density at radius 3 is 2.66 bits per heavy atom. The molecule has 2 rings (SSSR count). The third-order valence-corrected chi connectivity index (χ3v) is 4.42. The highest BCUT2D eigenvalue weighted by atomic mass is 35.5. The van der Waals surface area contributed by atoms with Crippen LogP contribution in [0.2, 0.25) is 10.0 Å². The molecule has 0 saturated heterocycles. The van der Waals surface area contributed by atoms with Crippen molar-refractivity contribution < 1.29 is 19.1 Å². The maximum atomic E-state index is 11.7. The highest BCUT2D eigenvalue weighted by molar-refractivity contribution is 6.42. The Kier molecular flexibility index (Phi) is 9.43. The van der Waals surface area contributed by atoms with Crippen molar-refractivity contribution in [3.05, 3.63) is 63.6 Å². The summed E-state index contributed by atoms with van der Waals surface area (Å²) >= 11 is 11.9. The molecular formula is C20H21Cl2N3O4. The molecule has 0 unspecified atom stereocenters. The smallest absolute Gasteiger partial charge is 0.329 e. The number of hydrogen-bond acceptors (Lipinski definition) is 5. The van der Waals surface area contributed by atoms with Crippen LogP contribution in [-0.4, -0.2) is 38.3 Å². The van der Waals surface area contributed by atoms with E-state index in [4.69, 9.17) is 32.7 Å². The summed E-state index contributed by atoms with van der Waals surface area (Å²) in [4.78, 5) is 23.4. The van der Waals surface area contributed by atoms with Gasteiger partial charge in [-0.15, -0.1) is 0 Å². The van der Waals surface area contributed by atoms with Gasteiger partial charge in [-0.25, -0.2) is 5.43 Å². The maximum absolute atomic E-state index is 11.7. The Balaban J connectivity index is 1.89. The molecule has 0 aliphatic rings. The second kappa shape index (κ2) is 12.1. The number of ether oxygens (including phenoxy) is 2. The zero-order valence-electron chi connectivity index (χ0n) is 15.8. The van der Waals surface area contributed by atoms with Gasteiger partial charge in [0.25, 0.3) is 0 Å². The van der Waals surface area contributed by atoms with Gasteiger partial charge >= 0.3 is 11.8 Å². The van der Waals surface area contributed by atoms with Crippen molar-refractivity contribution in [2.24, 2.45) is 5.10 Å². The standard InChI is InChI=1S/C20H21Cl2N3O4/c1-28-10-4-9-23-19(26)20(27)25-24-12-15-5-2-3-6-18(15)29-13-14-7-8-16(21)17(22)11-14/h2-3,5-8,11-12H,4,9-10,13H2,1H3,(H,23,26)(H,25,27)/b24-12-. The minimum atomic E-state index is -0.854. The lowest BCUT2D eigenvalue weighted by molar-refractivity contribution is -0.139. The molecule has 0 heterocycles. The van der Waals surface area contributed by atoms with Gasteiger partial charge in [-0.2, -0.15) is 5.10 Å². The van der Waals surface area contributed by atoms with E-state index in [0.29, 0.717) is 40.9 Å². The van der Waals surface area contributed by atoms with Crippen LogP contribution in [-0.2, 0) is 20.9 Å². The molecule has 0 aromatic heterocycles. The number of carbonyl (C=O) groups is 2. The fourth-order valence-electron chi connectivity index (χ4n) is 2.22. The predicted molar refractivity (Wildman–Crippen MR) is 112 cm³/mol. The predicted octanol–water partition coefficient (Wildman–Crippen LogP) is 3.18. The van der Waals surface area contributed by atoms with E-state index in [-0.39, 0.29) is 6.61 Å². The number of carbonyl (C=O) groups excluding carboxylic acids is 2. The van der Waals surface area contributed by atoms with Gasteiger partial charge in [-0.3, -0.25) is 9.59 Å². The second-order valence-corrected chi connectivity index (χ2v) is 6.69. The van der Waals surface area contributed by atoms with Crippen LogP contribution in [0.5, 0.6) is 5.75 Å². The average Bonchev–Trinajstić information content (AvgIpc) is 2.72. The van der Waals surface area contributed by atoms with Crippen LogP contribution >= 0.6 is 23.2 Å². The summed E-state index contributed by atoms with van der Waals surface area (Å²) in [6.45, 7) is 1.12. The second-order valence-electron chi connectivity index (χ2n) is 5.88. The average molecular weight is 438 g/mol. The first-order chi connectivity index (χ1) is 14.0. The van der Waals surface area contributed by atoms with Crippen molar-refractivity contribution in [2.45, 2.75) is 13.0 Å². The fourth-order valence-corrected chi connectivity index (χ4v) is 2.54. The summed E-state index contributed by atoms with van der Waals surface area (Å²) in [5.74, 6) is -1.06. The van der Waals surface area contributed by atoms with E-state index in [1.165, 1.54) is 6.21 Å². The minimum Gasteiger partial charge on any atom is -0.488 e. The number of rotatable bonds is 9. The Labute approximate surface area is 179 Å². The fraction of sp³-hybridized carbons (Fsp3) is 0.250. The lowest BCUT2D eigenvalue weighted by Crippen LogP contribution is -2.38.